The number of hydrogen-bond acceptors (Lipinski definition) is 9. The smallest absolute Gasteiger partial charge is 0.338 e. The highest BCUT2D eigenvalue weighted by Crippen LogP contribution is 2.41. The van der Waals surface area contributed by atoms with E-state index in [4.69, 9.17) is 19.2 Å². The van der Waals surface area contributed by atoms with Gasteiger partial charge in [0.1, 0.15) is 24.1 Å². The molecule has 1 aromatic heterocycles. The number of hydrogen-bond donors (Lipinski definition) is 0. The topological polar surface area (TPSA) is 119 Å². The summed E-state index contributed by atoms with van der Waals surface area (Å²) in [5.41, 5.74) is 1.98. The molecule has 1 aliphatic heterocycles. The van der Waals surface area contributed by atoms with Crippen LogP contribution in [0.5, 0.6) is 11.5 Å². The van der Waals surface area contributed by atoms with Crippen LogP contribution >= 0.6 is 11.3 Å². The number of nitrogens with zero attached hydrogens (tertiary/aromatic N) is 2. The lowest BCUT2D eigenvalue weighted by Gasteiger charge is -2.28. The third kappa shape index (κ3) is 5.58. The number of methoxy groups -OCH3 is 1. The lowest BCUT2D eigenvalue weighted by Crippen LogP contribution is -2.40. The molecule has 3 aromatic carbocycles. The number of carbonyl (C=O) groups excluding carboxylic acids is 2. The van der Waals surface area contributed by atoms with Gasteiger partial charge in [-0.1, -0.05) is 67.1 Å². The van der Waals surface area contributed by atoms with Crippen LogP contribution in [0.2, 0.25) is 0 Å². The number of esters is 1. The second-order valence-electron chi connectivity index (χ2n) is 9.55. The second-order valence-corrected chi connectivity index (χ2v) is 10.6. The largest absolute Gasteiger partial charge is 0.546 e. The Hall–Kier alpha value is -4.70. The van der Waals surface area contributed by atoms with Gasteiger partial charge in [-0.3, -0.25) is 9.36 Å². The van der Waals surface area contributed by atoms with Crippen LogP contribution in [0.1, 0.15) is 43.9 Å². The average Bonchev–Trinajstić information content (AvgIpc) is 3.29. The molecule has 42 heavy (non-hydrogen) atoms. The first-order chi connectivity index (χ1) is 20.4. The number of benzene rings is 3. The Bertz CT molecular complexity index is 1870. The van der Waals surface area contributed by atoms with Crippen molar-refractivity contribution in [2.24, 2.45) is 4.99 Å². The number of aromatic nitrogens is 1. The van der Waals surface area contributed by atoms with E-state index >= 15 is 0 Å². The van der Waals surface area contributed by atoms with Gasteiger partial charge in [-0.05, 0) is 54.0 Å². The molecule has 9 nitrogen and oxygen atoms in total. The Labute approximate surface area is 245 Å². The fraction of sp³-hybridized carbons (Fsp3) is 0.250. The number of allylic oxidation sites excluding steroid dienone is 1. The molecule has 0 aliphatic carbocycles. The van der Waals surface area contributed by atoms with Crippen molar-refractivity contribution in [3.05, 3.63) is 103 Å². The molecular weight excluding hydrogens is 556 g/mol. The molecule has 0 unspecified atom stereocenters. The first-order valence-electron chi connectivity index (χ1n) is 13.6. The number of fused-ring (bicyclic) bond motifs is 2. The monoisotopic (exact) mass is 585 g/mol. The van der Waals surface area contributed by atoms with Gasteiger partial charge in [-0.25, -0.2) is 9.79 Å². The predicted molar refractivity (Wildman–Crippen MR) is 157 cm³/mol. The van der Waals surface area contributed by atoms with E-state index in [1.807, 2.05) is 43.3 Å². The van der Waals surface area contributed by atoms with E-state index in [0.29, 0.717) is 49.7 Å². The van der Waals surface area contributed by atoms with Crippen LogP contribution in [0.3, 0.4) is 0 Å². The summed E-state index contributed by atoms with van der Waals surface area (Å²) in [6.45, 7) is 3.37. The number of ether oxygens (including phenoxy) is 3. The molecule has 10 heteroatoms. The summed E-state index contributed by atoms with van der Waals surface area (Å²) < 4.78 is 18.5. The Morgan fingerprint density at radius 1 is 1.07 bits per heavy atom. The molecule has 4 aromatic rings. The van der Waals surface area contributed by atoms with Gasteiger partial charge in [0, 0.05) is 5.56 Å². The molecule has 0 bridgehead atoms. The molecule has 0 N–H and O–H groups in total. The van der Waals surface area contributed by atoms with E-state index in [0.717, 1.165) is 17.2 Å². The SMILES string of the molecule is CCCC1=C(C(=O)OCC)[C@H](c2c(OC)ccc3ccccc23)n2c(sc(=Cc3ccc(OCC(=O)[O-])cc3)c2=O)=N1. The van der Waals surface area contributed by atoms with Crippen LogP contribution in [0.25, 0.3) is 16.8 Å². The van der Waals surface area contributed by atoms with Crippen molar-refractivity contribution in [3.8, 4) is 11.5 Å². The minimum Gasteiger partial charge on any atom is -0.546 e. The molecule has 1 aliphatic rings. The number of rotatable bonds is 10. The van der Waals surface area contributed by atoms with Crippen LogP contribution in [0, 0.1) is 0 Å². The van der Waals surface area contributed by atoms with Crippen molar-refractivity contribution in [1.29, 1.82) is 0 Å². The summed E-state index contributed by atoms with van der Waals surface area (Å²) in [7, 11) is 1.57. The maximum absolute atomic E-state index is 14.1. The lowest BCUT2D eigenvalue weighted by molar-refractivity contribution is -0.307. The van der Waals surface area contributed by atoms with E-state index in [1.165, 1.54) is 11.3 Å². The first-order valence-corrected chi connectivity index (χ1v) is 14.4. The number of carboxylic acid groups (broad SMARTS) is 1. The van der Waals surface area contributed by atoms with Crippen molar-refractivity contribution in [2.75, 3.05) is 20.3 Å². The number of aliphatic carboxylic acids is 1. The lowest BCUT2D eigenvalue weighted by atomic mass is 9.90. The van der Waals surface area contributed by atoms with Gasteiger partial charge in [-0.2, -0.15) is 0 Å². The Morgan fingerprint density at radius 2 is 1.83 bits per heavy atom. The summed E-state index contributed by atoms with van der Waals surface area (Å²) in [6, 6.07) is 17.4. The molecule has 2 heterocycles. The molecular formula is C32H29N2O7S-. The highest BCUT2D eigenvalue weighted by atomic mass is 32.1. The quantitative estimate of drug-likeness (QED) is 0.263. The van der Waals surface area contributed by atoms with Crippen LogP contribution in [-0.4, -0.2) is 36.8 Å². The third-order valence-electron chi connectivity index (χ3n) is 6.85. The standard InChI is InChI=1S/C32H30N2O7S/c1-4-8-23-28(31(38)40-5-2)29(27-22-10-7-6-9-20(22)13-16-24(27)39-3)34-30(37)25(42-32(34)33-23)17-19-11-14-21(15-12-19)41-18-26(35)36/h6-7,9-17,29H,4-5,8,18H2,1-3H3,(H,35,36)/p-1/t29-/m0/s1. The summed E-state index contributed by atoms with van der Waals surface area (Å²) in [6.07, 6.45) is 3.00. The fourth-order valence-corrected chi connectivity index (χ4v) is 6.10. The molecule has 1 atom stereocenters. The van der Waals surface area contributed by atoms with Gasteiger partial charge in [0.15, 0.2) is 4.80 Å². The van der Waals surface area contributed by atoms with Crippen LogP contribution in [0.15, 0.2) is 81.7 Å². The van der Waals surface area contributed by atoms with E-state index < -0.39 is 24.6 Å². The number of carbonyl (C=O) groups is 2. The normalized spacial score (nSPS) is 14.8. The molecule has 0 radical (unpaired) electrons. The number of carboxylic acids is 1. The van der Waals surface area contributed by atoms with Gasteiger partial charge >= 0.3 is 5.97 Å². The van der Waals surface area contributed by atoms with Crippen molar-refractivity contribution < 1.29 is 28.9 Å². The predicted octanol–water partition coefficient (Wildman–Crippen LogP) is 2.87. The van der Waals surface area contributed by atoms with Gasteiger partial charge in [0.2, 0.25) is 0 Å². The van der Waals surface area contributed by atoms with Crippen LogP contribution < -0.4 is 29.5 Å². The highest BCUT2D eigenvalue weighted by molar-refractivity contribution is 7.07. The molecule has 0 saturated carbocycles. The van der Waals surface area contributed by atoms with E-state index in [2.05, 4.69) is 0 Å². The van der Waals surface area contributed by atoms with E-state index in [-0.39, 0.29) is 12.2 Å². The van der Waals surface area contributed by atoms with Crippen LogP contribution in [0.4, 0.5) is 0 Å². The van der Waals surface area contributed by atoms with Gasteiger partial charge in [-0.15, -0.1) is 0 Å². The Balaban J connectivity index is 1.75. The minimum atomic E-state index is -1.32. The summed E-state index contributed by atoms with van der Waals surface area (Å²) in [5, 5.41) is 12.5. The highest BCUT2D eigenvalue weighted by Gasteiger charge is 2.37. The third-order valence-corrected chi connectivity index (χ3v) is 7.83. The number of thiazole rings is 1. The molecule has 0 amide bonds. The zero-order valence-corrected chi connectivity index (χ0v) is 24.2. The first kappa shape index (κ1) is 28.8. The van der Waals surface area contributed by atoms with Crippen molar-refractivity contribution in [1.82, 2.24) is 4.57 Å². The fourth-order valence-electron chi connectivity index (χ4n) is 5.08. The summed E-state index contributed by atoms with van der Waals surface area (Å²) >= 11 is 1.23. The van der Waals surface area contributed by atoms with Crippen molar-refractivity contribution >= 4 is 40.1 Å². The van der Waals surface area contributed by atoms with Crippen molar-refractivity contribution in [3.63, 3.8) is 0 Å². The van der Waals surface area contributed by atoms with Crippen LogP contribution in [-0.2, 0) is 14.3 Å². The van der Waals surface area contributed by atoms with Gasteiger partial charge in [0.25, 0.3) is 5.56 Å². The average molecular weight is 586 g/mol. The molecule has 0 fully saturated rings. The molecule has 0 saturated heterocycles. The maximum atomic E-state index is 14.1. The Morgan fingerprint density at radius 3 is 2.52 bits per heavy atom. The van der Waals surface area contributed by atoms with Crippen molar-refractivity contribution in [2.45, 2.75) is 32.7 Å². The second kappa shape index (κ2) is 12.4. The Kier molecular flexibility index (Phi) is 8.53. The molecule has 5 rings (SSSR count). The summed E-state index contributed by atoms with van der Waals surface area (Å²) in [4.78, 5) is 43.7. The zero-order valence-electron chi connectivity index (χ0n) is 23.4. The minimum absolute atomic E-state index is 0.175. The molecule has 0 spiro atoms. The maximum Gasteiger partial charge on any atom is 0.338 e. The summed E-state index contributed by atoms with van der Waals surface area (Å²) in [5.74, 6) is -0.933. The van der Waals surface area contributed by atoms with E-state index in [9.17, 15) is 19.5 Å². The van der Waals surface area contributed by atoms with Gasteiger partial charge < -0.3 is 24.1 Å². The van der Waals surface area contributed by atoms with E-state index in [1.54, 1.807) is 48.9 Å². The molecule has 216 valence electrons. The van der Waals surface area contributed by atoms with Gasteiger partial charge in [0.05, 0.1) is 35.5 Å². The zero-order chi connectivity index (χ0) is 29.8.